The lowest BCUT2D eigenvalue weighted by molar-refractivity contribution is 0.614. The second kappa shape index (κ2) is 13.0. The molecule has 0 spiro atoms. The van der Waals surface area contributed by atoms with Crippen molar-refractivity contribution < 1.29 is 0 Å². The van der Waals surface area contributed by atoms with Crippen LogP contribution in [0.1, 0.15) is 91.9 Å². The van der Waals surface area contributed by atoms with Crippen molar-refractivity contribution in [2.24, 2.45) is 0 Å². The van der Waals surface area contributed by atoms with E-state index in [9.17, 15) is 0 Å². The van der Waals surface area contributed by atoms with E-state index < -0.39 is 0 Å². The first kappa shape index (κ1) is 20.7. The number of hydrogen-bond donors (Lipinski definition) is 0. The average molecular weight is 335 g/mol. The third-order valence-electron chi connectivity index (χ3n) is 4.95. The van der Waals surface area contributed by atoms with E-state index in [1.807, 2.05) is 0 Å². The summed E-state index contributed by atoms with van der Waals surface area (Å²) in [5.41, 5.74) is 1.73. The van der Waals surface area contributed by atoms with Crippen molar-refractivity contribution in [3.8, 4) is 0 Å². The molecule has 0 radical (unpaired) electrons. The monoisotopic (exact) mass is 334 g/mol. The minimum absolute atomic E-state index is 0.0200. The van der Waals surface area contributed by atoms with Gasteiger partial charge in [-0.25, -0.2) is 0 Å². The molecule has 23 heavy (non-hydrogen) atoms. The van der Waals surface area contributed by atoms with Gasteiger partial charge in [0.15, 0.2) is 0 Å². The number of unbranched alkanes of at least 4 members (excludes halogenated alkanes) is 6. The van der Waals surface area contributed by atoms with Crippen molar-refractivity contribution in [3.63, 3.8) is 0 Å². The van der Waals surface area contributed by atoms with E-state index >= 15 is 0 Å². The fourth-order valence-corrected chi connectivity index (χ4v) is 6.88. The van der Waals surface area contributed by atoms with Crippen LogP contribution in [0.5, 0.6) is 0 Å². The van der Waals surface area contributed by atoms with Crippen molar-refractivity contribution in [1.82, 2.24) is 0 Å². The van der Waals surface area contributed by atoms with Crippen LogP contribution in [-0.2, 0) is 0 Å². The van der Waals surface area contributed by atoms with Crippen LogP contribution in [0.4, 0.5) is 0 Å². The Hall–Kier alpha value is -0.350. The second-order valence-electron chi connectivity index (χ2n) is 7.14. The van der Waals surface area contributed by atoms with Crippen molar-refractivity contribution in [2.45, 2.75) is 103 Å². The molecule has 0 saturated heterocycles. The molecular formula is C22H39P. The standard InChI is InChI=1S/C22H39P/c1-5-7-9-12-16-20(3)23(22-18-14-11-15-19-22)21(4)17-13-10-8-6-2/h11,14-15,18-21H,5-10,12-13,16-17H2,1-4H3. The van der Waals surface area contributed by atoms with Gasteiger partial charge in [-0.15, -0.1) is 0 Å². The van der Waals surface area contributed by atoms with E-state index in [1.54, 1.807) is 5.30 Å². The van der Waals surface area contributed by atoms with E-state index in [4.69, 9.17) is 0 Å². The van der Waals surface area contributed by atoms with Gasteiger partial charge >= 0.3 is 0 Å². The van der Waals surface area contributed by atoms with E-state index in [2.05, 4.69) is 58.0 Å². The molecule has 0 N–H and O–H groups in total. The molecule has 0 heterocycles. The first-order valence-corrected chi connectivity index (χ1v) is 11.5. The molecule has 0 saturated carbocycles. The Kier molecular flexibility index (Phi) is 11.7. The van der Waals surface area contributed by atoms with Gasteiger partial charge in [-0.1, -0.05) is 117 Å². The molecule has 0 aromatic heterocycles. The molecule has 0 fully saturated rings. The number of rotatable bonds is 13. The van der Waals surface area contributed by atoms with Crippen LogP contribution in [-0.4, -0.2) is 11.3 Å². The van der Waals surface area contributed by atoms with Gasteiger partial charge in [0, 0.05) is 0 Å². The summed E-state index contributed by atoms with van der Waals surface area (Å²) in [7, 11) is -0.0200. The van der Waals surface area contributed by atoms with Gasteiger partial charge in [-0.2, -0.15) is 0 Å². The van der Waals surface area contributed by atoms with Gasteiger partial charge < -0.3 is 0 Å². The molecule has 0 aliphatic rings. The Morgan fingerprint density at radius 1 is 0.696 bits per heavy atom. The summed E-state index contributed by atoms with van der Waals surface area (Å²) in [4.78, 5) is 0. The minimum atomic E-state index is -0.0200. The fourth-order valence-electron chi connectivity index (χ4n) is 3.55. The topological polar surface area (TPSA) is 0 Å². The summed E-state index contributed by atoms with van der Waals surface area (Å²) in [5.74, 6) is 0. The molecule has 0 bridgehead atoms. The average Bonchev–Trinajstić information content (AvgIpc) is 2.57. The van der Waals surface area contributed by atoms with Crippen LogP contribution in [0.3, 0.4) is 0 Å². The largest absolute Gasteiger partial charge is 0.0695 e. The van der Waals surface area contributed by atoms with Crippen LogP contribution in [0.25, 0.3) is 0 Å². The van der Waals surface area contributed by atoms with Crippen LogP contribution in [0.15, 0.2) is 30.3 Å². The lowest BCUT2D eigenvalue weighted by Gasteiger charge is -2.31. The smallest absolute Gasteiger partial charge is 0.0195 e. The third-order valence-corrected chi connectivity index (χ3v) is 8.27. The van der Waals surface area contributed by atoms with Crippen molar-refractivity contribution >= 4 is 13.2 Å². The number of benzene rings is 1. The highest BCUT2D eigenvalue weighted by atomic mass is 31.1. The Balaban J connectivity index is 2.61. The van der Waals surface area contributed by atoms with Gasteiger partial charge in [0.2, 0.25) is 0 Å². The summed E-state index contributed by atoms with van der Waals surface area (Å²) < 4.78 is 0. The van der Waals surface area contributed by atoms with Gasteiger partial charge in [0.25, 0.3) is 0 Å². The lowest BCUT2D eigenvalue weighted by Crippen LogP contribution is -2.19. The lowest BCUT2D eigenvalue weighted by atomic mass is 10.1. The van der Waals surface area contributed by atoms with Crippen LogP contribution in [0.2, 0.25) is 0 Å². The highest BCUT2D eigenvalue weighted by Gasteiger charge is 2.24. The molecular weight excluding hydrogens is 295 g/mol. The maximum absolute atomic E-state index is 2.52. The molecule has 1 aromatic carbocycles. The van der Waals surface area contributed by atoms with Crippen molar-refractivity contribution in [2.75, 3.05) is 0 Å². The quantitative estimate of drug-likeness (QED) is 0.258. The first-order valence-electron chi connectivity index (χ1n) is 10.0. The molecule has 2 atom stereocenters. The first-order chi connectivity index (χ1) is 11.2. The summed E-state index contributed by atoms with van der Waals surface area (Å²) >= 11 is 0. The van der Waals surface area contributed by atoms with E-state index in [0.29, 0.717) is 0 Å². The predicted octanol–water partition coefficient (Wildman–Crippen LogP) is 7.51. The summed E-state index contributed by atoms with van der Waals surface area (Å²) in [6, 6.07) is 11.4. The second-order valence-corrected chi connectivity index (χ2v) is 10.2. The molecule has 0 aliphatic carbocycles. The fraction of sp³-hybridized carbons (Fsp3) is 0.727. The highest BCUT2D eigenvalue weighted by Crippen LogP contribution is 2.48. The van der Waals surface area contributed by atoms with Gasteiger partial charge in [0.1, 0.15) is 0 Å². The van der Waals surface area contributed by atoms with Gasteiger partial charge in [-0.05, 0) is 29.5 Å². The minimum Gasteiger partial charge on any atom is -0.0695 e. The zero-order chi connectivity index (χ0) is 16.9. The SMILES string of the molecule is CCCCCCC(C)P(c1ccccc1)C(C)CCCCCC. The summed E-state index contributed by atoms with van der Waals surface area (Å²) in [6.45, 7) is 9.65. The molecule has 0 aliphatic heterocycles. The van der Waals surface area contributed by atoms with Crippen LogP contribution < -0.4 is 5.30 Å². The van der Waals surface area contributed by atoms with Crippen LogP contribution >= 0.6 is 7.92 Å². The molecule has 1 rings (SSSR count). The van der Waals surface area contributed by atoms with E-state index in [1.165, 1.54) is 64.2 Å². The predicted molar refractivity (Wildman–Crippen MR) is 109 cm³/mol. The normalized spacial score (nSPS) is 15.3. The molecule has 1 heteroatoms. The van der Waals surface area contributed by atoms with E-state index in [0.717, 1.165) is 11.3 Å². The Morgan fingerprint density at radius 3 is 1.61 bits per heavy atom. The Morgan fingerprint density at radius 2 is 1.17 bits per heavy atom. The number of hydrogen-bond acceptors (Lipinski definition) is 0. The maximum atomic E-state index is 2.52. The highest BCUT2D eigenvalue weighted by molar-refractivity contribution is 7.66. The van der Waals surface area contributed by atoms with Crippen LogP contribution in [0, 0.1) is 0 Å². The van der Waals surface area contributed by atoms with Gasteiger partial charge in [-0.3, -0.25) is 0 Å². The zero-order valence-corrected chi connectivity index (χ0v) is 17.0. The van der Waals surface area contributed by atoms with Gasteiger partial charge in [0.05, 0.1) is 0 Å². The molecule has 0 amide bonds. The van der Waals surface area contributed by atoms with Crippen molar-refractivity contribution in [1.29, 1.82) is 0 Å². The Labute approximate surface area is 147 Å². The molecule has 2 unspecified atom stereocenters. The maximum Gasteiger partial charge on any atom is -0.0195 e. The molecule has 0 nitrogen and oxygen atoms in total. The molecule has 1 aromatic rings. The van der Waals surface area contributed by atoms with E-state index in [-0.39, 0.29) is 7.92 Å². The third kappa shape index (κ3) is 8.35. The zero-order valence-electron chi connectivity index (χ0n) is 16.1. The summed E-state index contributed by atoms with van der Waals surface area (Å²) in [5, 5.41) is 1.63. The molecule has 132 valence electrons. The summed E-state index contributed by atoms with van der Waals surface area (Å²) in [6.07, 6.45) is 14.0. The Bertz CT molecular complexity index is 355. The van der Waals surface area contributed by atoms with Crippen molar-refractivity contribution in [3.05, 3.63) is 30.3 Å².